The Labute approximate surface area is 133 Å². The van der Waals surface area contributed by atoms with Crippen LogP contribution < -0.4 is 10.2 Å². The number of rotatable bonds is 7. The van der Waals surface area contributed by atoms with Crippen LogP contribution in [0.5, 0.6) is 0 Å². The van der Waals surface area contributed by atoms with E-state index in [0.29, 0.717) is 18.0 Å². The average Bonchev–Trinajstić information content (AvgIpc) is 2.53. The van der Waals surface area contributed by atoms with E-state index in [-0.39, 0.29) is 0 Å². The molecule has 1 heterocycles. The molecule has 0 amide bonds. The highest BCUT2D eigenvalue weighted by atomic mass is 15.2. The van der Waals surface area contributed by atoms with Crippen LogP contribution in [0.2, 0.25) is 0 Å². The van der Waals surface area contributed by atoms with E-state index >= 15 is 0 Å². The standard InChI is InChI=1S/C18H26N4/c1-5-15(4)20-18-19-12-11-17(21-18)22(14(2)3)13-16-9-7-6-8-10-16/h6-12,14-15H,5,13H2,1-4H3,(H,19,20,21). The van der Waals surface area contributed by atoms with E-state index in [0.717, 1.165) is 18.8 Å². The maximum Gasteiger partial charge on any atom is 0.224 e. The van der Waals surface area contributed by atoms with Gasteiger partial charge >= 0.3 is 0 Å². The maximum absolute atomic E-state index is 4.68. The number of aromatic nitrogens is 2. The molecule has 0 aliphatic carbocycles. The van der Waals surface area contributed by atoms with Gasteiger partial charge < -0.3 is 10.2 Å². The van der Waals surface area contributed by atoms with Gasteiger partial charge in [0.2, 0.25) is 5.95 Å². The molecule has 1 N–H and O–H groups in total. The summed E-state index contributed by atoms with van der Waals surface area (Å²) in [4.78, 5) is 11.3. The minimum atomic E-state index is 0.367. The molecular formula is C18H26N4. The molecule has 1 atom stereocenters. The molecule has 2 aromatic rings. The van der Waals surface area contributed by atoms with Gasteiger partial charge in [-0.2, -0.15) is 4.98 Å². The molecule has 1 aromatic carbocycles. The zero-order chi connectivity index (χ0) is 15.9. The van der Waals surface area contributed by atoms with E-state index in [1.165, 1.54) is 5.56 Å². The second-order valence-electron chi connectivity index (χ2n) is 5.90. The van der Waals surface area contributed by atoms with Crippen molar-refractivity contribution >= 4 is 11.8 Å². The van der Waals surface area contributed by atoms with E-state index in [9.17, 15) is 0 Å². The van der Waals surface area contributed by atoms with Crippen molar-refractivity contribution in [3.05, 3.63) is 48.2 Å². The summed E-state index contributed by atoms with van der Waals surface area (Å²) in [6.45, 7) is 9.51. The van der Waals surface area contributed by atoms with Crippen molar-refractivity contribution < 1.29 is 0 Å². The molecular weight excluding hydrogens is 272 g/mol. The van der Waals surface area contributed by atoms with Crippen molar-refractivity contribution in [3.8, 4) is 0 Å². The largest absolute Gasteiger partial charge is 0.352 e. The van der Waals surface area contributed by atoms with Crippen LogP contribution in [0.4, 0.5) is 11.8 Å². The van der Waals surface area contributed by atoms with Crippen molar-refractivity contribution in [2.75, 3.05) is 10.2 Å². The monoisotopic (exact) mass is 298 g/mol. The first kappa shape index (κ1) is 16.3. The van der Waals surface area contributed by atoms with Gasteiger partial charge in [0.15, 0.2) is 0 Å². The molecule has 1 unspecified atom stereocenters. The molecule has 118 valence electrons. The van der Waals surface area contributed by atoms with Gasteiger partial charge in [0.1, 0.15) is 5.82 Å². The van der Waals surface area contributed by atoms with Crippen LogP contribution in [0, 0.1) is 0 Å². The third-order valence-electron chi connectivity index (χ3n) is 3.74. The number of benzene rings is 1. The summed E-state index contributed by atoms with van der Waals surface area (Å²) in [7, 11) is 0. The molecule has 0 spiro atoms. The van der Waals surface area contributed by atoms with E-state index in [2.05, 4.69) is 72.1 Å². The summed E-state index contributed by atoms with van der Waals surface area (Å²) >= 11 is 0. The maximum atomic E-state index is 4.68. The minimum Gasteiger partial charge on any atom is -0.352 e. The van der Waals surface area contributed by atoms with E-state index < -0.39 is 0 Å². The first-order chi connectivity index (χ1) is 10.6. The summed E-state index contributed by atoms with van der Waals surface area (Å²) in [6, 6.07) is 13.2. The first-order valence-electron chi connectivity index (χ1n) is 8.00. The van der Waals surface area contributed by atoms with Gasteiger partial charge in [-0.25, -0.2) is 4.98 Å². The molecule has 22 heavy (non-hydrogen) atoms. The Bertz CT molecular complexity index is 568. The van der Waals surface area contributed by atoms with Gasteiger partial charge in [0.25, 0.3) is 0 Å². The minimum absolute atomic E-state index is 0.367. The number of hydrogen-bond donors (Lipinski definition) is 1. The summed E-state index contributed by atoms with van der Waals surface area (Å²) in [5.41, 5.74) is 1.28. The normalized spacial score (nSPS) is 12.2. The SMILES string of the molecule is CCC(C)Nc1nccc(N(Cc2ccccc2)C(C)C)n1. The van der Waals surface area contributed by atoms with Crippen molar-refractivity contribution in [2.45, 2.75) is 52.7 Å². The predicted molar refractivity (Wildman–Crippen MR) is 93.2 cm³/mol. The molecule has 0 saturated heterocycles. The number of nitrogens with zero attached hydrogens (tertiary/aromatic N) is 3. The lowest BCUT2D eigenvalue weighted by Gasteiger charge is -2.28. The zero-order valence-electron chi connectivity index (χ0n) is 14.0. The van der Waals surface area contributed by atoms with Crippen LogP contribution in [0.15, 0.2) is 42.6 Å². The van der Waals surface area contributed by atoms with Crippen LogP contribution in [0.25, 0.3) is 0 Å². The quantitative estimate of drug-likeness (QED) is 0.835. The summed E-state index contributed by atoms with van der Waals surface area (Å²) < 4.78 is 0. The Morgan fingerprint density at radius 2 is 1.82 bits per heavy atom. The molecule has 4 nitrogen and oxygen atoms in total. The highest BCUT2D eigenvalue weighted by molar-refractivity contribution is 5.44. The molecule has 2 rings (SSSR count). The van der Waals surface area contributed by atoms with Crippen LogP contribution >= 0.6 is 0 Å². The van der Waals surface area contributed by atoms with Crippen molar-refractivity contribution in [1.29, 1.82) is 0 Å². The Morgan fingerprint density at radius 1 is 1.09 bits per heavy atom. The second kappa shape index (κ2) is 7.78. The summed E-state index contributed by atoms with van der Waals surface area (Å²) in [6.07, 6.45) is 2.87. The van der Waals surface area contributed by atoms with Gasteiger partial charge in [-0.15, -0.1) is 0 Å². The van der Waals surface area contributed by atoms with Gasteiger partial charge in [0, 0.05) is 24.8 Å². The van der Waals surface area contributed by atoms with E-state index in [4.69, 9.17) is 0 Å². The molecule has 0 fully saturated rings. The predicted octanol–water partition coefficient (Wildman–Crippen LogP) is 4.10. The van der Waals surface area contributed by atoms with Crippen molar-refractivity contribution in [1.82, 2.24) is 9.97 Å². The lowest BCUT2D eigenvalue weighted by molar-refractivity contribution is 0.670. The number of anilines is 2. The molecule has 0 saturated carbocycles. The Morgan fingerprint density at radius 3 is 2.45 bits per heavy atom. The number of nitrogens with one attached hydrogen (secondary N) is 1. The molecule has 1 aromatic heterocycles. The summed E-state index contributed by atoms with van der Waals surface area (Å²) in [5.74, 6) is 1.66. The fourth-order valence-electron chi connectivity index (χ4n) is 2.21. The first-order valence-corrected chi connectivity index (χ1v) is 8.00. The lowest BCUT2D eigenvalue weighted by Crippen LogP contribution is -2.31. The van der Waals surface area contributed by atoms with Gasteiger partial charge in [-0.3, -0.25) is 0 Å². The Hall–Kier alpha value is -2.10. The van der Waals surface area contributed by atoms with Gasteiger partial charge in [-0.05, 0) is 38.8 Å². The zero-order valence-corrected chi connectivity index (χ0v) is 14.0. The van der Waals surface area contributed by atoms with E-state index in [1.807, 2.05) is 18.3 Å². The van der Waals surface area contributed by atoms with Crippen LogP contribution in [0.1, 0.15) is 39.7 Å². The lowest BCUT2D eigenvalue weighted by atomic mass is 10.2. The Balaban J connectivity index is 2.19. The number of hydrogen-bond acceptors (Lipinski definition) is 4. The molecule has 0 bridgehead atoms. The average molecular weight is 298 g/mol. The third-order valence-corrected chi connectivity index (χ3v) is 3.74. The Kier molecular flexibility index (Phi) is 5.75. The molecule has 0 aliphatic heterocycles. The highest BCUT2D eigenvalue weighted by Gasteiger charge is 2.14. The smallest absolute Gasteiger partial charge is 0.224 e. The topological polar surface area (TPSA) is 41.1 Å². The van der Waals surface area contributed by atoms with Gasteiger partial charge in [0.05, 0.1) is 0 Å². The van der Waals surface area contributed by atoms with Crippen LogP contribution in [-0.4, -0.2) is 22.1 Å². The third kappa shape index (κ3) is 4.45. The fourth-order valence-corrected chi connectivity index (χ4v) is 2.21. The van der Waals surface area contributed by atoms with Crippen molar-refractivity contribution in [2.24, 2.45) is 0 Å². The molecule has 4 heteroatoms. The summed E-state index contributed by atoms with van der Waals surface area (Å²) in [5, 5.41) is 3.34. The molecule has 0 radical (unpaired) electrons. The van der Waals surface area contributed by atoms with Crippen molar-refractivity contribution in [3.63, 3.8) is 0 Å². The molecule has 0 aliphatic rings. The second-order valence-corrected chi connectivity index (χ2v) is 5.90. The van der Waals surface area contributed by atoms with Crippen LogP contribution in [-0.2, 0) is 6.54 Å². The fraction of sp³-hybridized carbons (Fsp3) is 0.444. The van der Waals surface area contributed by atoms with Crippen LogP contribution in [0.3, 0.4) is 0 Å². The highest BCUT2D eigenvalue weighted by Crippen LogP contribution is 2.19. The van der Waals surface area contributed by atoms with E-state index in [1.54, 1.807) is 0 Å². The van der Waals surface area contributed by atoms with Gasteiger partial charge in [-0.1, -0.05) is 37.3 Å².